The van der Waals surface area contributed by atoms with Crippen molar-refractivity contribution < 1.29 is 4.79 Å². The third-order valence-electron chi connectivity index (χ3n) is 1.25. The van der Waals surface area contributed by atoms with E-state index in [0.717, 1.165) is 0 Å². The average molecular weight is 198 g/mol. The van der Waals surface area contributed by atoms with Crippen molar-refractivity contribution in [1.82, 2.24) is 0 Å². The van der Waals surface area contributed by atoms with E-state index in [1.165, 1.54) is 6.08 Å². The second-order valence-corrected chi connectivity index (χ2v) is 2.78. The molecular formula is C8H4ClNOS. The standard InChI is InChI=1S/C8H4ClNOS/c9-7-4-2-1-3-6(7)8(12)10-5-11/h1-4H. The van der Waals surface area contributed by atoms with Gasteiger partial charge in [-0.1, -0.05) is 42.0 Å². The lowest BCUT2D eigenvalue weighted by molar-refractivity contribution is 0.566. The van der Waals surface area contributed by atoms with E-state index < -0.39 is 0 Å². The molecule has 12 heavy (non-hydrogen) atoms. The second kappa shape index (κ2) is 4.12. The van der Waals surface area contributed by atoms with Crippen molar-refractivity contribution in [3.8, 4) is 0 Å². The predicted molar refractivity (Wildman–Crippen MR) is 51.3 cm³/mol. The molecule has 0 heterocycles. The summed E-state index contributed by atoms with van der Waals surface area (Å²) in [5, 5.41) is 0.488. The minimum absolute atomic E-state index is 0.163. The summed E-state index contributed by atoms with van der Waals surface area (Å²) in [6.45, 7) is 0. The van der Waals surface area contributed by atoms with E-state index in [1.54, 1.807) is 24.3 Å². The average Bonchev–Trinajstić information content (AvgIpc) is 2.05. The number of rotatable bonds is 1. The fourth-order valence-corrected chi connectivity index (χ4v) is 1.23. The quantitative estimate of drug-likeness (QED) is 0.393. The van der Waals surface area contributed by atoms with Crippen LogP contribution >= 0.6 is 23.8 Å². The molecule has 0 aliphatic heterocycles. The lowest BCUT2D eigenvalue weighted by Crippen LogP contribution is -1.92. The fourth-order valence-electron chi connectivity index (χ4n) is 0.736. The predicted octanol–water partition coefficient (Wildman–Crippen LogP) is 2.35. The maximum Gasteiger partial charge on any atom is 0.241 e. The molecule has 0 bridgehead atoms. The largest absolute Gasteiger partial charge is 0.241 e. The number of isocyanates is 1. The van der Waals surface area contributed by atoms with Crippen LogP contribution in [0.3, 0.4) is 0 Å². The zero-order valence-corrected chi connectivity index (χ0v) is 7.52. The summed E-state index contributed by atoms with van der Waals surface area (Å²) in [7, 11) is 0. The third-order valence-corrected chi connectivity index (χ3v) is 1.89. The Bertz CT molecular complexity index is 358. The molecule has 0 amide bonds. The number of carbonyl (C=O) groups excluding carboxylic acids is 1. The first-order valence-corrected chi connectivity index (χ1v) is 3.91. The molecule has 1 aromatic carbocycles. The van der Waals surface area contributed by atoms with Gasteiger partial charge in [-0.2, -0.15) is 4.99 Å². The highest BCUT2D eigenvalue weighted by atomic mass is 35.5. The molecule has 60 valence electrons. The number of hydrogen-bond acceptors (Lipinski definition) is 2. The van der Waals surface area contributed by atoms with Gasteiger partial charge >= 0.3 is 0 Å². The molecule has 0 saturated carbocycles. The molecule has 4 heteroatoms. The molecule has 0 fully saturated rings. The SMILES string of the molecule is O=C=NC(=S)c1ccccc1Cl. The summed E-state index contributed by atoms with van der Waals surface area (Å²) in [4.78, 5) is 13.3. The van der Waals surface area contributed by atoms with Crippen LogP contribution in [0.2, 0.25) is 5.02 Å². The Kier molecular flexibility index (Phi) is 3.11. The zero-order valence-electron chi connectivity index (χ0n) is 5.95. The molecule has 0 spiro atoms. The Hall–Kier alpha value is -1.02. The van der Waals surface area contributed by atoms with Crippen LogP contribution in [0.15, 0.2) is 29.3 Å². The van der Waals surface area contributed by atoms with Crippen molar-refractivity contribution in [2.75, 3.05) is 0 Å². The molecule has 0 atom stereocenters. The first-order chi connectivity index (χ1) is 5.75. The van der Waals surface area contributed by atoms with E-state index in [0.29, 0.717) is 10.6 Å². The second-order valence-electron chi connectivity index (χ2n) is 1.99. The summed E-state index contributed by atoms with van der Waals surface area (Å²) in [6.07, 6.45) is 1.37. The van der Waals surface area contributed by atoms with Crippen LogP contribution < -0.4 is 0 Å². The molecule has 0 aliphatic rings. The van der Waals surface area contributed by atoms with Gasteiger partial charge in [-0.25, -0.2) is 4.79 Å². The monoisotopic (exact) mass is 197 g/mol. The van der Waals surface area contributed by atoms with Gasteiger partial charge in [-0.3, -0.25) is 0 Å². The van der Waals surface area contributed by atoms with Gasteiger partial charge < -0.3 is 0 Å². The van der Waals surface area contributed by atoms with Crippen LogP contribution in [0.5, 0.6) is 0 Å². The Morgan fingerprint density at radius 2 is 2.17 bits per heavy atom. The fraction of sp³-hybridized carbons (Fsp3) is 0. The smallest absolute Gasteiger partial charge is 0.211 e. The van der Waals surface area contributed by atoms with Crippen LogP contribution in [0.25, 0.3) is 0 Å². The maximum absolute atomic E-state index is 9.88. The van der Waals surface area contributed by atoms with E-state index >= 15 is 0 Å². The molecule has 1 aromatic rings. The minimum Gasteiger partial charge on any atom is -0.211 e. The number of aliphatic imine (C=N–C) groups is 1. The number of hydrogen-bond donors (Lipinski definition) is 0. The van der Waals surface area contributed by atoms with Gasteiger partial charge in [0, 0.05) is 5.56 Å². The van der Waals surface area contributed by atoms with E-state index in [4.69, 9.17) is 23.8 Å². The number of benzene rings is 1. The lowest BCUT2D eigenvalue weighted by atomic mass is 10.2. The Morgan fingerprint density at radius 3 is 2.75 bits per heavy atom. The Balaban J connectivity index is 3.11. The molecule has 0 saturated heterocycles. The summed E-state index contributed by atoms with van der Waals surface area (Å²) in [5.74, 6) is 0. The van der Waals surface area contributed by atoms with E-state index in [-0.39, 0.29) is 4.99 Å². The van der Waals surface area contributed by atoms with Crippen molar-refractivity contribution in [3.05, 3.63) is 34.9 Å². The van der Waals surface area contributed by atoms with Crippen molar-refractivity contribution >= 4 is 34.9 Å². The highest BCUT2D eigenvalue weighted by molar-refractivity contribution is 7.80. The van der Waals surface area contributed by atoms with Gasteiger partial charge in [0.1, 0.15) is 4.99 Å². The van der Waals surface area contributed by atoms with Gasteiger partial charge in [0.25, 0.3) is 0 Å². The van der Waals surface area contributed by atoms with Crippen LogP contribution in [0, 0.1) is 0 Å². The van der Waals surface area contributed by atoms with Crippen LogP contribution in [0.1, 0.15) is 5.56 Å². The van der Waals surface area contributed by atoms with Gasteiger partial charge in [-0.15, -0.1) is 0 Å². The van der Waals surface area contributed by atoms with Crippen LogP contribution in [-0.2, 0) is 4.79 Å². The van der Waals surface area contributed by atoms with E-state index in [2.05, 4.69) is 4.99 Å². The number of halogens is 1. The van der Waals surface area contributed by atoms with Crippen molar-refractivity contribution in [1.29, 1.82) is 0 Å². The van der Waals surface area contributed by atoms with Crippen molar-refractivity contribution in [2.24, 2.45) is 4.99 Å². The summed E-state index contributed by atoms with van der Waals surface area (Å²) >= 11 is 10.6. The van der Waals surface area contributed by atoms with Gasteiger partial charge in [0.2, 0.25) is 6.08 Å². The minimum atomic E-state index is 0.163. The maximum atomic E-state index is 9.88. The van der Waals surface area contributed by atoms with Gasteiger partial charge in [0.15, 0.2) is 0 Å². The molecule has 0 radical (unpaired) electrons. The number of thiocarbonyl (C=S) groups is 1. The van der Waals surface area contributed by atoms with E-state index in [9.17, 15) is 4.79 Å². The first kappa shape index (κ1) is 9.07. The molecular weight excluding hydrogens is 194 g/mol. The summed E-state index contributed by atoms with van der Waals surface area (Å²) in [5.41, 5.74) is 0.581. The first-order valence-electron chi connectivity index (χ1n) is 3.12. The zero-order chi connectivity index (χ0) is 8.97. The van der Waals surface area contributed by atoms with Gasteiger partial charge in [0.05, 0.1) is 5.02 Å². The van der Waals surface area contributed by atoms with E-state index in [1.807, 2.05) is 0 Å². The molecule has 2 nitrogen and oxygen atoms in total. The lowest BCUT2D eigenvalue weighted by Gasteiger charge is -1.97. The van der Waals surface area contributed by atoms with Crippen LogP contribution in [0.4, 0.5) is 0 Å². The molecule has 0 N–H and O–H groups in total. The Morgan fingerprint density at radius 1 is 1.50 bits per heavy atom. The molecule has 0 aliphatic carbocycles. The topological polar surface area (TPSA) is 29.4 Å². The normalized spacial score (nSPS) is 8.75. The highest BCUT2D eigenvalue weighted by Gasteiger charge is 2.02. The number of nitrogens with zero attached hydrogens (tertiary/aromatic N) is 1. The Labute approximate surface area is 79.9 Å². The van der Waals surface area contributed by atoms with Crippen molar-refractivity contribution in [2.45, 2.75) is 0 Å². The van der Waals surface area contributed by atoms with Crippen molar-refractivity contribution in [3.63, 3.8) is 0 Å². The molecule has 1 rings (SSSR count). The molecule has 0 aromatic heterocycles. The highest BCUT2D eigenvalue weighted by Crippen LogP contribution is 2.16. The third kappa shape index (κ3) is 1.98. The van der Waals surface area contributed by atoms with Crippen LogP contribution in [-0.4, -0.2) is 11.1 Å². The summed E-state index contributed by atoms with van der Waals surface area (Å²) in [6, 6.07) is 6.93. The van der Waals surface area contributed by atoms with Gasteiger partial charge in [-0.05, 0) is 6.07 Å². The molecule has 0 unspecified atom stereocenters. The summed E-state index contributed by atoms with van der Waals surface area (Å²) < 4.78 is 0.